The molecule has 0 bridgehead atoms. The molecular weight excluding hydrogens is 204 g/mol. The van der Waals surface area contributed by atoms with E-state index in [-0.39, 0.29) is 18.8 Å². The molecule has 4 heteroatoms. The van der Waals surface area contributed by atoms with Gasteiger partial charge in [0.15, 0.2) is 11.5 Å². The number of hydrogen-bond acceptors (Lipinski definition) is 4. The number of anilines is 2. The molecule has 1 rings (SSSR count). The minimum Gasteiger partial charge on any atom is -0.481 e. The van der Waals surface area contributed by atoms with Gasteiger partial charge < -0.3 is 16.2 Å². The van der Waals surface area contributed by atoms with Crippen molar-refractivity contribution in [2.45, 2.75) is 13.3 Å². The Balaban J connectivity index is 2.74. The highest BCUT2D eigenvalue weighted by Gasteiger charge is 2.08. The summed E-state index contributed by atoms with van der Waals surface area (Å²) in [5.41, 5.74) is 13.3. The van der Waals surface area contributed by atoms with Crippen LogP contribution in [0.2, 0.25) is 0 Å². The summed E-state index contributed by atoms with van der Waals surface area (Å²) in [5, 5.41) is 0. The van der Waals surface area contributed by atoms with E-state index in [0.29, 0.717) is 17.1 Å². The predicted octanol–water partition coefficient (Wildman–Crippen LogP) is 1.68. The molecule has 0 aromatic heterocycles. The van der Waals surface area contributed by atoms with Crippen molar-refractivity contribution in [3.8, 4) is 5.75 Å². The van der Waals surface area contributed by atoms with E-state index in [0.717, 1.165) is 5.56 Å². The summed E-state index contributed by atoms with van der Waals surface area (Å²) in [7, 11) is 0. The van der Waals surface area contributed by atoms with E-state index in [9.17, 15) is 4.79 Å². The summed E-state index contributed by atoms with van der Waals surface area (Å²) in [6.07, 6.45) is 1.82. The van der Waals surface area contributed by atoms with Crippen molar-refractivity contribution >= 4 is 17.2 Å². The van der Waals surface area contributed by atoms with E-state index < -0.39 is 0 Å². The summed E-state index contributed by atoms with van der Waals surface area (Å²) in [6, 6.07) is 3.51. The highest BCUT2D eigenvalue weighted by Crippen LogP contribution is 2.30. The van der Waals surface area contributed by atoms with E-state index in [2.05, 4.69) is 6.58 Å². The Labute approximate surface area is 94.9 Å². The molecule has 4 nitrogen and oxygen atoms in total. The van der Waals surface area contributed by atoms with E-state index >= 15 is 0 Å². The zero-order chi connectivity index (χ0) is 12.1. The lowest BCUT2D eigenvalue weighted by Gasteiger charge is -2.11. The second-order valence-corrected chi connectivity index (χ2v) is 3.59. The molecule has 4 N–H and O–H groups in total. The van der Waals surface area contributed by atoms with E-state index in [4.69, 9.17) is 16.2 Å². The molecule has 0 aliphatic heterocycles. The summed E-state index contributed by atoms with van der Waals surface area (Å²) >= 11 is 0. The average Bonchev–Trinajstić information content (AvgIpc) is 2.16. The van der Waals surface area contributed by atoms with Crippen LogP contribution in [0.25, 0.3) is 0 Å². The number of nitrogen functional groups attached to an aromatic ring is 2. The second-order valence-electron chi connectivity index (χ2n) is 3.59. The van der Waals surface area contributed by atoms with Crippen molar-refractivity contribution in [3.63, 3.8) is 0 Å². The molecule has 0 atom stereocenters. The molecule has 0 heterocycles. The van der Waals surface area contributed by atoms with Crippen LogP contribution in [0.4, 0.5) is 11.4 Å². The molecule has 0 radical (unpaired) electrons. The van der Waals surface area contributed by atoms with Crippen molar-refractivity contribution < 1.29 is 9.53 Å². The number of allylic oxidation sites excluding steroid dienone is 1. The molecular formula is C12H16N2O2. The van der Waals surface area contributed by atoms with Crippen LogP contribution in [-0.4, -0.2) is 12.4 Å². The Morgan fingerprint density at radius 3 is 2.50 bits per heavy atom. The van der Waals surface area contributed by atoms with Crippen molar-refractivity contribution in [3.05, 3.63) is 30.4 Å². The Morgan fingerprint density at radius 2 is 2.00 bits per heavy atom. The Bertz CT molecular complexity index is 390. The van der Waals surface area contributed by atoms with Crippen LogP contribution >= 0.6 is 0 Å². The molecule has 0 saturated heterocycles. The lowest BCUT2D eigenvalue weighted by molar-refractivity contribution is -0.120. The summed E-state index contributed by atoms with van der Waals surface area (Å²) in [4.78, 5) is 11.2. The van der Waals surface area contributed by atoms with E-state index in [1.165, 1.54) is 6.08 Å². The van der Waals surface area contributed by atoms with Crippen LogP contribution < -0.4 is 16.2 Å². The predicted molar refractivity (Wildman–Crippen MR) is 65.3 cm³/mol. The number of ketones is 1. The largest absolute Gasteiger partial charge is 0.481 e. The van der Waals surface area contributed by atoms with Gasteiger partial charge in [-0.25, -0.2) is 0 Å². The van der Waals surface area contributed by atoms with Crippen LogP contribution in [0, 0.1) is 6.92 Å². The molecule has 0 aliphatic carbocycles. The molecule has 0 unspecified atom stereocenters. The fourth-order valence-corrected chi connectivity index (χ4v) is 1.37. The minimum absolute atomic E-state index is 0.0382. The molecule has 0 spiro atoms. The summed E-state index contributed by atoms with van der Waals surface area (Å²) < 4.78 is 5.29. The summed E-state index contributed by atoms with van der Waals surface area (Å²) in [5.74, 6) is 0.317. The van der Waals surface area contributed by atoms with Crippen LogP contribution in [0.1, 0.15) is 12.0 Å². The van der Waals surface area contributed by atoms with Gasteiger partial charge in [0.25, 0.3) is 0 Å². The fraction of sp³-hybridized carbons (Fsp3) is 0.250. The number of carbonyl (C=O) groups is 1. The van der Waals surface area contributed by atoms with Gasteiger partial charge in [0.05, 0.1) is 11.4 Å². The van der Waals surface area contributed by atoms with Gasteiger partial charge in [-0.2, -0.15) is 0 Å². The molecule has 16 heavy (non-hydrogen) atoms. The van der Waals surface area contributed by atoms with Gasteiger partial charge in [0.2, 0.25) is 0 Å². The number of carbonyl (C=O) groups excluding carboxylic acids is 1. The maximum atomic E-state index is 11.2. The summed E-state index contributed by atoms with van der Waals surface area (Å²) in [6.45, 7) is 5.33. The van der Waals surface area contributed by atoms with Gasteiger partial charge in [0.1, 0.15) is 6.61 Å². The molecule has 0 fully saturated rings. The Kier molecular flexibility index (Phi) is 3.94. The topological polar surface area (TPSA) is 78.3 Å². The fourth-order valence-electron chi connectivity index (χ4n) is 1.37. The van der Waals surface area contributed by atoms with Crippen LogP contribution in [0.5, 0.6) is 5.75 Å². The average molecular weight is 220 g/mol. The monoisotopic (exact) mass is 220 g/mol. The first-order chi connectivity index (χ1) is 7.54. The van der Waals surface area contributed by atoms with Gasteiger partial charge >= 0.3 is 0 Å². The molecule has 86 valence electrons. The minimum atomic E-state index is -0.0608. The first-order valence-electron chi connectivity index (χ1n) is 4.95. The lowest BCUT2D eigenvalue weighted by atomic mass is 10.2. The maximum Gasteiger partial charge on any atom is 0.173 e. The molecule has 0 amide bonds. The van der Waals surface area contributed by atoms with Crippen LogP contribution in [-0.2, 0) is 4.79 Å². The van der Waals surface area contributed by atoms with E-state index in [1.54, 1.807) is 12.1 Å². The highest BCUT2D eigenvalue weighted by molar-refractivity contribution is 5.82. The maximum absolute atomic E-state index is 11.2. The molecule has 0 aliphatic rings. The van der Waals surface area contributed by atoms with Gasteiger partial charge in [-0.1, -0.05) is 6.08 Å². The van der Waals surface area contributed by atoms with Crippen LogP contribution in [0.15, 0.2) is 24.8 Å². The first kappa shape index (κ1) is 12.1. The number of rotatable bonds is 5. The third-order valence-corrected chi connectivity index (χ3v) is 2.04. The van der Waals surface area contributed by atoms with Crippen molar-refractivity contribution in [2.24, 2.45) is 0 Å². The van der Waals surface area contributed by atoms with Crippen molar-refractivity contribution in [2.75, 3.05) is 18.1 Å². The third kappa shape index (κ3) is 3.02. The third-order valence-electron chi connectivity index (χ3n) is 2.04. The Morgan fingerprint density at radius 1 is 1.44 bits per heavy atom. The SMILES string of the molecule is C=CCC(=O)COc1c(N)cc(C)cc1N. The molecule has 1 aromatic rings. The van der Waals surface area contributed by atoms with Crippen LogP contribution in [0.3, 0.4) is 0 Å². The first-order valence-corrected chi connectivity index (χ1v) is 4.95. The molecule has 1 aromatic carbocycles. The number of nitrogens with two attached hydrogens (primary N) is 2. The van der Waals surface area contributed by atoms with Gasteiger partial charge in [-0.15, -0.1) is 6.58 Å². The van der Waals surface area contributed by atoms with E-state index in [1.807, 2.05) is 6.92 Å². The second kappa shape index (κ2) is 5.21. The smallest absolute Gasteiger partial charge is 0.173 e. The van der Waals surface area contributed by atoms with Gasteiger partial charge in [-0.3, -0.25) is 4.79 Å². The van der Waals surface area contributed by atoms with Gasteiger partial charge in [0, 0.05) is 6.42 Å². The normalized spacial score (nSPS) is 9.81. The standard InChI is InChI=1S/C12H16N2O2/c1-3-4-9(15)7-16-12-10(13)5-8(2)6-11(12)14/h3,5-6H,1,4,7,13-14H2,2H3. The quantitative estimate of drug-likeness (QED) is 0.584. The Hall–Kier alpha value is -1.97. The number of benzene rings is 1. The number of hydrogen-bond donors (Lipinski definition) is 2. The highest BCUT2D eigenvalue weighted by atomic mass is 16.5. The van der Waals surface area contributed by atoms with Crippen molar-refractivity contribution in [1.82, 2.24) is 0 Å². The van der Waals surface area contributed by atoms with Gasteiger partial charge in [-0.05, 0) is 24.6 Å². The number of aryl methyl sites for hydroxylation is 1. The number of Topliss-reactive ketones (excluding diaryl/α,β-unsaturated/α-hetero) is 1. The zero-order valence-electron chi connectivity index (χ0n) is 9.32. The lowest BCUT2D eigenvalue weighted by Crippen LogP contribution is -2.12. The zero-order valence-corrected chi connectivity index (χ0v) is 9.32. The van der Waals surface area contributed by atoms with Crippen molar-refractivity contribution in [1.29, 1.82) is 0 Å². The molecule has 0 saturated carbocycles. The number of ether oxygens (including phenoxy) is 1.